The lowest BCUT2D eigenvalue weighted by Crippen LogP contribution is -2.45. The van der Waals surface area contributed by atoms with E-state index < -0.39 is 0 Å². The summed E-state index contributed by atoms with van der Waals surface area (Å²) in [4.78, 5) is 2.46. The molecule has 1 heterocycles. The van der Waals surface area contributed by atoms with Crippen molar-refractivity contribution in [3.8, 4) is 0 Å². The summed E-state index contributed by atoms with van der Waals surface area (Å²) in [5.41, 5.74) is 1.61. The Morgan fingerprint density at radius 1 is 1.62 bits per heavy atom. The number of hydrogen-bond donors (Lipinski definition) is 1. The summed E-state index contributed by atoms with van der Waals surface area (Å²) >= 11 is 5.52. The Morgan fingerprint density at radius 2 is 2.46 bits per heavy atom. The highest BCUT2D eigenvalue weighted by Crippen LogP contribution is 2.09. The Kier molecular flexibility index (Phi) is 5.44. The molecule has 1 fully saturated rings. The van der Waals surface area contributed by atoms with Gasteiger partial charge in [0.05, 0.1) is 0 Å². The molecular formula is C10H19ClN2. The first-order chi connectivity index (χ1) is 6.38. The highest BCUT2D eigenvalue weighted by Gasteiger charge is 2.17. The van der Waals surface area contributed by atoms with Crippen LogP contribution >= 0.6 is 11.6 Å². The van der Waals surface area contributed by atoms with Crippen molar-refractivity contribution in [2.75, 3.05) is 26.2 Å². The molecule has 0 aromatic carbocycles. The molecule has 0 aliphatic carbocycles. The van der Waals surface area contributed by atoms with Gasteiger partial charge in [0.1, 0.15) is 0 Å². The molecule has 0 radical (unpaired) electrons. The summed E-state index contributed by atoms with van der Waals surface area (Å²) in [7, 11) is 0. The molecule has 2 nitrogen and oxygen atoms in total. The zero-order valence-corrected chi connectivity index (χ0v) is 9.06. The summed E-state index contributed by atoms with van der Waals surface area (Å²) in [6, 6.07) is 0.701. The van der Waals surface area contributed by atoms with Gasteiger partial charge in [-0.15, -0.1) is 0 Å². The lowest BCUT2D eigenvalue weighted by molar-refractivity contribution is 0.192. The van der Waals surface area contributed by atoms with Gasteiger partial charge < -0.3 is 5.32 Å². The second kappa shape index (κ2) is 6.41. The molecule has 0 saturated carbocycles. The first-order valence-electron chi connectivity index (χ1n) is 5.08. The second-order valence-corrected chi connectivity index (χ2v) is 3.70. The Labute approximate surface area is 85.9 Å². The topological polar surface area (TPSA) is 15.3 Å². The van der Waals surface area contributed by atoms with Gasteiger partial charge in [-0.25, -0.2) is 0 Å². The lowest BCUT2D eigenvalue weighted by atomic mass is 10.1. The van der Waals surface area contributed by atoms with Crippen molar-refractivity contribution in [3.05, 3.63) is 11.6 Å². The van der Waals surface area contributed by atoms with E-state index in [2.05, 4.69) is 17.1 Å². The molecule has 1 aliphatic heterocycles. The van der Waals surface area contributed by atoms with Gasteiger partial charge in [-0.2, -0.15) is 0 Å². The van der Waals surface area contributed by atoms with E-state index in [0.717, 1.165) is 19.6 Å². The quantitative estimate of drug-likeness (QED) is 0.748. The van der Waals surface area contributed by atoms with Crippen molar-refractivity contribution in [3.63, 3.8) is 0 Å². The molecular weight excluding hydrogens is 184 g/mol. The van der Waals surface area contributed by atoms with Gasteiger partial charge in [0, 0.05) is 24.7 Å². The Balaban J connectivity index is 2.34. The zero-order valence-electron chi connectivity index (χ0n) is 8.30. The van der Waals surface area contributed by atoms with Crippen LogP contribution in [-0.4, -0.2) is 37.1 Å². The van der Waals surface area contributed by atoms with Crippen LogP contribution in [0.3, 0.4) is 0 Å². The molecule has 1 unspecified atom stereocenters. The molecule has 76 valence electrons. The van der Waals surface area contributed by atoms with Crippen LogP contribution in [0.5, 0.6) is 0 Å². The fourth-order valence-electron chi connectivity index (χ4n) is 1.86. The van der Waals surface area contributed by atoms with Crippen molar-refractivity contribution < 1.29 is 0 Å². The van der Waals surface area contributed by atoms with Gasteiger partial charge in [-0.05, 0) is 25.9 Å². The van der Waals surface area contributed by atoms with Crippen LogP contribution in [0.4, 0.5) is 0 Å². The smallest absolute Gasteiger partial charge is 0.0224 e. The Hall–Kier alpha value is -0.0500. The average molecular weight is 203 g/mol. The van der Waals surface area contributed by atoms with Crippen LogP contribution in [0.1, 0.15) is 19.8 Å². The predicted octanol–water partition coefficient (Wildman–Crippen LogP) is 1.81. The standard InChI is InChI=1S/C10H19ClN2/c1-2-13(8-4-6-11)10-5-3-7-12-9-10/h4,6,10,12H,2-3,5,7-9H2,1H3. The average Bonchev–Trinajstić information content (AvgIpc) is 2.21. The Bertz CT molecular complexity index is 153. The maximum absolute atomic E-state index is 5.52. The minimum Gasteiger partial charge on any atom is -0.315 e. The second-order valence-electron chi connectivity index (χ2n) is 3.45. The third-order valence-electron chi connectivity index (χ3n) is 2.62. The van der Waals surface area contributed by atoms with Crippen LogP contribution in [0.15, 0.2) is 11.6 Å². The minimum atomic E-state index is 0.701. The fraction of sp³-hybridized carbons (Fsp3) is 0.800. The molecule has 0 bridgehead atoms. The van der Waals surface area contributed by atoms with Crippen LogP contribution in [0.25, 0.3) is 0 Å². The summed E-state index contributed by atoms with van der Waals surface area (Å²) in [6.07, 6.45) is 4.63. The number of hydrogen-bond acceptors (Lipinski definition) is 2. The lowest BCUT2D eigenvalue weighted by Gasteiger charge is -2.33. The first kappa shape index (κ1) is 11.0. The third-order valence-corrected chi connectivity index (χ3v) is 2.80. The van der Waals surface area contributed by atoms with Gasteiger partial charge in [-0.1, -0.05) is 24.6 Å². The highest BCUT2D eigenvalue weighted by molar-refractivity contribution is 6.25. The van der Waals surface area contributed by atoms with E-state index >= 15 is 0 Å². The van der Waals surface area contributed by atoms with E-state index in [4.69, 9.17) is 11.6 Å². The molecule has 0 spiro atoms. The Morgan fingerprint density at radius 3 is 3.00 bits per heavy atom. The number of nitrogens with zero attached hydrogens (tertiary/aromatic N) is 1. The van der Waals surface area contributed by atoms with E-state index in [1.54, 1.807) is 5.54 Å². The number of nitrogens with one attached hydrogen (secondary N) is 1. The normalized spacial score (nSPS) is 24.4. The van der Waals surface area contributed by atoms with Crippen LogP contribution in [-0.2, 0) is 0 Å². The van der Waals surface area contributed by atoms with Crippen molar-refractivity contribution in [1.82, 2.24) is 10.2 Å². The molecule has 1 atom stereocenters. The summed E-state index contributed by atoms with van der Waals surface area (Å²) in [5, 5.41) is 3.43. The van der Waals surface area contributed by atoms with Gasteiger partial charge in [0.2, 0.25) is 0 Å². The SMILES string of the molecule is CCN(CC=CCl)C1CCCNC1. The molecule has 1 saturated heterocycles. The minimum absolute atomic E-state index is 0.701. The van der Waals surface area contributed by atoms with Crippen molar-refractivity contribution in [1.29, 1.82) is 0 Å². The van der Waals surface area contributed by atoms with Crippen molar-refractivity contribution in [2.24, 2.45) is 0 Å². The maximum Gasteiger partial charge on any atom is 0.0224 e. The summed E-state index contributed by atoms with van der Waals surface area (Å²) in [6.45, 7) is 6.60. The first-order valence-corrected chi connectivity index (χ1v) is 5.52. The molecule has 1 N–H and O–H groups in total. The zero-order chi connectivity index (χ0) is 9.52. The molecule has 0 aromatic heterocycles. The largest absolute Gasteiger partial charge is 0.315 e. The number of rotatable bonds is 4. The van der Waals surface area contributed by atoms with Crippen molar-refractivity contribution in [2.45, 2.75) is 25.8 Å². The monoisotopic (exact) mass is 202 g/mol. The number of halogens is 1. The van der Waals surface area contributed by atoms with E-state index in [1.807, 2.05) is 6.08 Å². The van der Waals surface area contributed by atoms with Gasteiger partial charge >= 0.3 is 0 Å². The van der Waals surface area contributed by atoms with Crippen molar-refractivity contribution >= 4 is 11.6 Å². The maximum atomic E-state index is 5.52. The summed E-state index contributed by atoms with van der Waals surface area (Å²) < 4.78 is 0. The fourth-order valence-corrected chi connectivity index (χ4v) is 1.94. The highest BCUT2D eigenvalue weighted by atomic mass is 35.5. The van der Waals surface area contributed by atoms with Gasteiger partial charge in [-0.3, -0.25) is 4.90 Å². The van der Waals surface area contributed by atoms with E-state index in [-0.39, 0.29) is 0 Å². The molecule has 1 aliphatic rings. The molecule has 0 aromatic rings. The predicted molar refractivity (Wildman–Crippen MR) is 58.1 cm³/mol. The van der Waals surface area contributed by atoms with E-state index in [1.165, 1.54) is 19.4 Å². The van der Waals surface area contributed by atoms with E-state index in [9.17, 15) is 0 Å². The molecule has 3 heteroatoms. The van der Waals surface area contributed by atoms with Crippen LogP contribution in [0, 0.1) is 0 Å². The van der Waals surface area contributed by atoms with Gasteiger partial charge in [0.15, 0.2) is 0 Å². The third kappa shape index (κ3) is 3.67. The van der Waals surface area contributed by atoms with Gasteiger partial charge in [0.25, 0.3) is 0 Å². The number of piperidine rings is 1. The molecule has 0 amide bonds. The van der Waals surface area contributed by atoms with Crippen LogP contribution in [0.2, 0.25) is 0 Å². The number of likely N-dealkylation sites (N-methyl/N-ethyl adjacent to an activating group) is 1. The van der Waals surface area contributed by atoms with E-state index in [0.29, 0.717) is 6.04 Å². The summed E-state index contributed by atoms with van der Waals surface area (Å²) in [5.74, 6) is 0. The van der Waals surface area contributed by atoms with Crippen LogP contribution < -0.4 is 5.32 Å². The molecule has 13 heavy (non-hydrogen) atoms. The molecule has 1 rings (SSSR count).